The van der Waals surface area contributed by atoms with Crippen LogP contribution in [-0.2, 0) is 13.0 Å². The molecule has 2 unspecified atom stereocenters. The van der Waals surface area contributed by atoms with Gasteiger partial charge >= 0.3 is 0 Å². The summed E-state index contributed by atoms with van der Waals surface area (Å²) >= 11 is 0. The summed E-state index contributed by atoms with van der Waals surface area (Å²) in [5.74, 6) is 0.656. The predicted octanol–water partition coefficient (Wildman–Crippen LogP) is 2.00. The van der Waals surface area contributed by atoms with E-state index >= 15 is 0 Å². The zero-order valence-corrected chi connectivity index (χ0v) is 9.39. The number of nitrogens with zero attached hydrogens (tertiary/aromatic N) is 2. The maximum absolute atomic E-state index is 9.59. The second-order valence-electron chi connectivity index (χ2n) is 4.59. The third-order valence-corrected chi connectivity index (χ3v) is 3.29. The van der Waals surface area contributed by atoms with Crippen molar-refractivity contribution in [3.8, 4) is 0 Å². The van der Waals surface area contributed by atoms with Crippen LogP contribution in [0.5, 0.6) is 0 Å². The standard InChI is InChI=1S/C12H20N2O/c1-2-14-9-11(8-13-14)6-10-4-3-5-12(15)7-10/h8-10,12,15H,2-7H2,1H3. The molecule has 0 saturated heterocycles. The highest BCUT2D eigenvalue weighted by Gasteiger charge is 2.20. The molecule has 1 aliphatic rings. The molecule has 2 rings (SSSR count). The third kappa shape index (κ3) is 2.81. The molecular weight excluding hydrogens is 188 g/mol. The van der Waals surface area contributed by atoms with E-state index in [1.807, 2.05) is 10.9 Å². The normalized spacial score (nSPS) is 26.8. The summed E-state index contributed by atoms with van der Waals surface area (Å²) in [6, 6.07) is 0. The summed E-state index contributed by atoms with van der Waals surface area (Å²) in [6.45, 7) is 3.04. The van der Waals surface area contributed by atoms with Crippen LogP contribution >= 0.6 is 0 Å². The maximum Gasteiger partial charge on any atom is 0.0543 e. The first-order valence-electron chi connectivity index (χ1n) is 5.97. The zero-order valence-electron chi connectivity index (χ0n) is 9.39. The van der Waals surface area contributed by atoms with Crippen LogP contribution in [0, 0.1) is 5.92 Å². The van der Waals surface area contributed by atoms with Gasteiger partial charge in [-0.15, -0.1) is 0 Å². The van der Waals surface area contributed by atoms with E-state index in [1.165, 1.54) is 18.4 Å². The third-order valence-electron chi connectivity index (χ3n) is 3.29. The molecule has 3 heteroatoms. The zero-order chi connectivity index (χ0) is 10.7. The van der Waals surface area contributed by atoms with Gasteiger partial charge in [0.25, 0.3) is 0 Å². The van der Waals surface area contributed by atoms with Crippen molar-refractivity contribution in [3.63, 3.8) is 0 Å². The maximum atomic E-state index is 9.59. The lowest BCUT2D eigenvalue weighted by atomic mass is 9.84. The molecule has 1 heterocycles. The molecule has 1 N–H and O–H groups in total. The molecule has 1 aliphatic carbocycles. The molecule has 84 valence electrons. The predicted molar refractivity (Wildman–Crippen MR) is 59.6 cm³/mol. The Bertz CT molecular complexity index is 308. The first kappa shape index (κ1) is 10.7. The van der Waals surface area contributed by atoms with Crippen LogP contribution in [0.1, 0.15) is 38.2 Å². The Hall–Kier alpha value is -0.830. The Morgan fingerprint density at radius 2 is 2.40 bits per heavy atom. The molecule has 2 atom stereocenters. The van der Waals surface area contributed by atoms with Crippen molar-refractivity contribution in [2.24, 2.45) is 5.92 Å². The number of aliphatic hydroxyl groups excluding tert-OH is 1. The molecule has 0 radical (unpaired) electrons. The average molecular weight is 208 g/mol. The van der Waals surface area contributed by atoms with Crippen molar-refractivity contribution in [2.45, 2.75) is 51.7 Å². The van der Waals surface area contributed by atoms with Gasteiger partial charge in [-0.2, -0.15) is 5.10 Å². The number of aromatic nitrogens is 2. The Morgan fingerprint density at radius 3 is 3.07 bits per heavy atom. The summed E-state index contributed by atoms with van der Waals surface area (Å²) in [7, 11) is 0. The first-order valence-corrected chi connectivity index (χ1v) is 5.97. The van der Waals surface area contributed by atoms with Crippen molar-refractivity contribution in [1.82, 2.24) is 9.78 Å². The number of hydrogen-bond donors (Lipinski definition) is 1. The lowest BCUT2D eigenvalue weighted by molar-refractivity contribution is 0.101. The summed E-state index contributed by atoms with van der Waals surface area (Å²) in [6.07, 6.45) is 9.50. The topological polar surface area (TPSA) is 38.0 Å². The SMILES string of the molecule is CCn1cc(CC2CCCC(O)C2)cn1. The van der Waals surface area contributed by atoms with E-state index in [2.05, 4.69) is 18.2 Å². The van der Waals surface area contributed by atoms with E-state index in [-0.39, 0.29) is 6.10 Å². The van der Waals surface area contributed by atoms with Gasteiger partial charge in [-0.1, -0.05) is 6.42 Å². The minimum atomic E-state index is -0.0648. The van der Waals surface area contributed by atoms with Crippen LogP contribution in [-0.4, -0.2) is 21.0 Å². The molecule has 1 aromatic rings. The molecule has 3 nitrogen and oxygen atoms in total. The van der Waals surface area contributed by atoms with E-state index < -0.39 is 0 Å². The second kappa shape index (κ2) is 4.79. The number of aryl methyl sites for hydroxylation is 1. The molecule has 15 heavy (non-hydrogen) atoms. The summed E-state index contributed by atoms with van der Waals surface area (Å²) in [5, 5.41) is 13.9. The van der Waals surface area contributed by atoms with Gasteiger partial charge < -0.3 is 5.11 Å². The monoisotopic (exact) mass is 208 g/mol. The number of aliphatic hydroxyl groups is 1. The van der Waals surface area contributed by atoms with E-state index in [4.69, 9.17) is 0 Å². The molecule has 0 spiro atoms. The fourth-order valence-electron chi connectivity index (χ4n) is 2.47. The fraction of sp³-hybridized carbons (Fsp3) is 0.750. The van der Waals surface area contributed by atoms with Crippen LogP contribution < -0.4 is 0 Å². The Labute approximate surface area is 91.1 Å². The molecule has 1 aromatic heterocycles. The molecule has 0 amide bonds. The second-order valence-corrected chi connectivity index (χ2v) is 4.59. The lowest BCUT2D eigenvalue weighted by Gasteiger charge is -2.25. The largest absolute Gasteiger partial charge is 0.393 e. The Kier molecular flexibility index (Phi) is 3.41. The van der Waals surface area contributed by atoms with E-state index in [1.54, 1.807) is 0 Å². The first-order chi connectivity index (χ1) is 7.28. The van der Waals surface area contributed by atoms with Crippen molar-refractivity contribution in [2.75, 3.05) is 0 Å². The Morgan fingerprint density at radius 1 is 1.53 bits per heavy atom. The van der Waals surface area contributed by atoms with Crippen molar-refractivity contribution >= 4 is 0 Å². The highest BCUT2D eigenvalue weighted by Crippen LogP contribution is 2.27. The van der Waals surface area contributed by atoms with Gasteiger partial charge in [-0.25, -0.2) is 0 Å². The van der Waals surface area contributed by atoms with Crippen LogP contribution in [0.2, 0.25) is 0 Å². The smallest absolute Gasteiger partial charge is 0.0543 e. The fourth-order valence-corrected chi connectivity index (χ4v) is 2.47. The van der Waals surface area contributed by atoms with Gasteiger partial charge in [0, 0.05) is 12.7 Å². The van der Waals surface area contributed by atoms with Gasteiger partial charge in [0.15, 0.2) is 0 Å². The number of rotatable bonds is 3. The Balaban J connectivity index is 1.90. The van der Waals surface area contributed by atoms with E-state index in [9.17, 15) is 5.11 Å². The minimum Gasteiger partial charge on any atom is -0.393 e. The number of hydrogen-bond acceptors (Lipinski definition) is 2. The molecule has 0 bridgehead atoms. The quantitative estimate of drug-likeness (QED) is 0.825. The summed E-state index contributed by atoms with van der Waals surface area (Å²) < 4.78 is 1.97. The highest BCUT2D eigenvalue weighted by atomic mass is 16.3. The van der Waals surface area contributed by atoms with Crippen molar-refractivity contribution in [1.29, 1.82) is 0 Å². The average Bonchev–Trinajstić information content (AvgIpc) is 2.65. The van der Waals surface area contributed by atoms with Gasteiger partial charge in [0.1, 0.15) is 0 Å². The molecular formula is C12H20N2O. The van der Waals surface area contributed by atoms with Crippen LogP contribution in [0.25, 0.3) is 0 Å². The molecule has 0 aromatic carbocycles. The lowest BCUT2D eigenvalue weighted by Crippen LogP contribution is -2.20. The van der Waals surface area contributed by atoms with E-state index in [0.29, 0.717) is 5.92 Å². The van der Waals surface area contributed by atoms with Crippen LogP contribution in [0.4, 0.5) is 0 Å². The van der Waals surface area contributed by atoms with Crippen LogP contribution in [0.3, 0.4) is 0 Å². The molecule has 1 saturated carbocycles. The van der Waals surface area contributed by atoms with E-state index in [0.717, 1.165) is 25.8 Å². The summed E-state index contributed by atoms with van der Waals surface area (Å²) in [5.41, 5.74) is 1.32. The molecule has 0 aliphatic heterocycles. The van der Waals surface area contributed by atoms with Gasteiger partial charge in [0.05, 0.1) is 12.3 Å². The van der Waals surface area contributed by atoms with Gasteiger partial charge in [-0.05, 0) is 44.1 Å². The highest BCUT2D eigenvalue weighted by molar-refractivity contribution is 5.05. The summed E-state index contributed by atoms with van der Waals surface area (Å²) in [4.78, 5) is 0. The van der Waals surface area contributed by atoms with Gasteiger partial charge in [-0.3, -0.25) is 4.68 Å². The molecule has 1 fully saturated rings. The van der Waals surface area contributed by atoms with Crippen molar-refractivity contribution in [3.05, 3.63) is 18.0 Å². The van der Waals surface area contributed by atoms with Crippen molar-refractivity contribution < 1.29 is 5.11 Å². The minimum absolute atomic E-state index is 0.0648. The van der Waals surface area contributed by atoms with Crippen LogP contribution in [0.15, 0.2) is 12.4 Å². The van der Waals surface area contributed by atoms with Gasteiger partial charge in [0.2, 0.25) is 0 Å².